The van der Waals surface area contributed by atoms with E-state index >= 15 is 0 Å². The highest BCUT2D eigenvalue weighted by Crippen LogP contribution is 2.20. The molecule has 4 heteroatoms. The SMILES string of the molecule is COC(CNC(=O)NC1CCCC1)c1ccccc1C. The maximum atomic E-state index is 11.9. The fourth-order valence-electron chi connectivity index (χ4n) is 2.76. The van der Waals surface area contributed by atoms with E-state index in [-0.39, 0.29) is 12.1 Å². The van der Waals surface area contributed by atoms with Crippen molar-refractivity contribution in [3.63, 3.8) is 0 Å². The summed E-state index contributed by atoms with van der Waals surface area (Å²) in [5, 5.41) is 5.93. The minimum absolute atomic E-state index is 0.0902. The predicted molar refractivity (Wildman–Crippen MR) is 79.7 cm³/mol. The molecular formula is C16H24N2O2. The van der Waals surface area contributed by atoms with E-state index in [1.165, 1.54) is 18.4 Å². The van der Waals surface area contributed by atoms with Gasteiger partial charge in [0.2, 0.25) is 0 Å². The molecular weight excluding hydrogens is 252 g/mol. The Morgan fingerprint density at radius 3 is 2.70 bits per heavy atom. The molecule has 1 fully saturated rings. The van der Waals surface area contributed by atoms with Gasteiger partial charge in [-0.25, -0.2) is 4.79 Å². The van der Waals surface area contributed by atoms with Crippen LogP contribution in [0.15, 0.2) is 24.3 Å². The number of ether oxygens (including phenoxy) is 1. The molecule has 1 saturated carbocycles. The molecule has 2 N–H and O–H groups in total. The fourth-order valence-corrected chi connectivity index (χ4v) is 2.76. The Labute approximate surface area is 120 Å². The molecule has 0 radical (unpaired) electrons. The zero-order valence-corrected chi connectivity index (χ0v) is 12.3. The average molecular weight is 276 g/mol. The molecule has 0 aliphatic heterocycles. The summed E-state index contributed by atoms with van der Waals surface area (Å²) in [5.41, 5.74) is 2.30. The van der Waals surface area contributed by atoms with Gasteiger partial charge in [-0.05, 0) is 30.9 Å². The zero-order valence-electron chi connectivity index (χ0n) is 12.3. The highest BCUT2D eigenvalue weighted by Gasteiger charge is 2.18. The van der Waals surface area contributed by atoms with Gasteiger partial charge in [-0.15, -0.1) is 0 Å². The second-order valence-corrected chi connectivity index (χ2v) is 5.42. The summed E-state index contributed by atoms with van der Waals surface area (Å²) in [7, 11) is 1.67. The Balaban J connectivity index is 1.84. The lowest BCUT2D eigenvalue weighted by molar-refractivity contribution is 0.103. The number of carbonyl (C=O) groups excluding carboxylic acids is 1. The van der Waals surface area contributed by atoms with E-state index in [2.05, 4.69) is 23.6 Å². The molecule has 1 atom stereocenters. The first-order valence-electron chi connectivity index (χ1n) is 7.33. The summed E-state index contributed by atoms with van der Waals surface area (Å²) >= 11 is 0. The first-order valence-corrected chi connectivity index (χ1v) is 7.33. The Hall–Kier alpha value is -1.55. The van der Waals surface area contributed by atoms with Crippen molar-refractivity contribution in [2.75, 3.05) is 13.7 Å². The molecule has 0 heterocycles. The van der Waals surface area contributed by atoms with Gasteiger partial charge < -0.3 is 15.4 Å². The van der Waals surface area contributed by atoms with Gasteiger partial charge in [-0.2, -0.15) is 0 Å². The maximum Gasteiger partial charge on any atom is 0.315 e. The fraction of sp³-hybridized carbons (Fsp3) is 0.562. The van der Waals surface area contributed by atoms with Gasteiger partial charge in [0.15, 0.2) is 0 Å². The van der Waals surface area contributed by atoms with Gasteiger partial charge >= 0.3 is 6.03 Å². The highest BCUT2D eigenvalue weighted by atomic mass is 16.5. The third-order valence-electron chi connectivity index (χ3n) is 3.96. The second kappa shape index (κ2) is 7.29. The van der Waals surface area contributed by atoms with Crippen molar-refractivity contribution in [1.82, 2.24) is 10.6 Å². The summed E-state index contributed by atoms with van der Waals surface area (Å²) in [6, 6.07) is 8.35. The van der Waals surface area contributed by atoms with Crippen LogP contribution in [0.1, 0.15) is 42.9 Å². The van der Waals surface area contributed by atoms with Crippen molar-refractivity contribution >= 4 is 6.03 Å². The van der Waals surface area contributed by atoms with Crippen LogP contribution in [0, 0.1) is 6.92 Å². The minimum atomic E-state index is -0.106. The highest BCUT2D eigenvalue weighted by molar-refractivity contribution is 5.74. The van der Waals surface area contributed by atoms with Gasteiger partial charge in [-0.3, -0.25) is 0 Å². The molecule has 1 aliphatic carbocycles. The van der Waals surface area contributed by atoms with Gasteiger partial charge in [0.25, 0.3) is 0 Å². The monoisotopic (exact) mass is 276 g/mol. The van der Waals surface area contributed by atoms with Crippen LogP contribution in [0.4, 0.5) is 4.79 Å². The molecule has 1 aliphatic rings. The van der Waals surface area contributed by atoms with Crippen LogP contribution in [0.25, 0.3) is 0 Å². The lowest BCUT2D eigenvalue weighted by atomic mass is 10.0. The third-order valence-corrected chi connectivity index (χ3v) is 3.96. The number of hydrogen-bond acceptors (Lipinski definition) is 2. The number of hydrogen-bond donors (Lipinski definition) is 2. The lowest BCUT2D eigenvalue weighted by Gasteiger charge is -2.19. The van der Waals surface area contributed by atoms with E-state index in [1.54, 1.807) is 7.11 Å². The molecule has 1 aromatic carbocycles. The van der Waals surface area contributed by atoms with Crippen LogP contribution >= 0.6 is 0 Å². The van der Waals surface area contributed by atoms with Gasteiger partial charge in [0, 0.05) is 19.7 Å². The first-order chi connectivity index (χ1) is 9.70. The van der Waals surface area contributed by atoms with E-state index in [4.69, 9.17) is 4.74 Å². The van der Waals surface area contributed by atoms with E-state index in [9.17, 15) is 4.79 Å². The number of aryl methyl sites for hydroxylation is 1. The summed E-state index contributed by atoms with van der Waals surface area (Å²) in [6.45, 7) is 2.54. The lowest BCUT2D eigenvalue weighted by Crippen LogP contribution is -2.42. The van der Waals surface area contributed by atoms with Crippen LogP contribution in [-0.2, 0) is 4.74 Å². The summed E-state index contributed by atoms with van der Waals surface area (Å²) in [6.07, 6.45) is 4.52. The molecule has 1 aromatic rings. The van der Waals surface area contributed by atoms with Crippen molar-refractivity contribution in [3.8, 4) is 0 Å². The Bertz CT molecular complexity index is 442. The van der Waals surface area contributed by atoms with Crippen molar-refractivity contribution in [2.45, 2.75) is 44.8 Å². The molecule has 2 rings (SSSR count). The molecule has 20 heavy (non-hydrogen) atoms. The van der Waals surface area contributed by atoms with Crippen LogP contribution in [0.2, 0.25) is 0 Å². The van der Waals surface area contributed by atoms with Gasteiger partial charge in [0.1, 0.15) is 0 Å². The predicted octanol–water partition coefficient (Wildman–Crippen LogP) is 2.92. The standard InChI is InChI=1S/C16H24N2O2/c1-12-7-3-6-10-14(12)15(20-2)11-17-16(19)18-13-8-4-5-9-13/h3,6-7,10,13,15H,4-5,8-9,11H2,1-2H3,(H2,17,18,19). The minimum Gasteiger partial charge on any atom is -0.375 e. The summed E-state index contributed by atoms with van der Waals surface area (Å²) in [5.74, 6) is 0. The molecule has 0 bridgehead atoms. The number of benzene rings is 1. The van der Waals surface area contributed by atoms with Crippen molar-refractivity contribution < 1.29 is 9.53 Å². The summed E-state index contributed by atoms with van der Waals surface area (Å²) in [4.78, 5) is 11.9. The van der Waals surface area contributed by atoms with Crippen molar-refractivity contribution in [2.24, 2.45) is 0 Å². The van der Waals surface area contributed by atoms with Crippen LogP contribution in [-0.4, -0.2) is 25.7 Å². The van der Waals surface area contributed by atoms with Crippen LogP contribution in [0.3, 0.4) is 0 Å². The van der Waals surface area contributed by atoms with Crippen LogP contribution in [0.5, 0.6) is 0 Å². The van der Waals surface area contributed by atoms with Crippen LogP contribution < -0.4 is 10.6 Å². The quantitative estimate of drug-likeness (QED) is 0.868. The number of urea groups is 1. The number of rotatable bonds is 5. The molecule has 4 nitrogen and oxygen atoms in total. The third kappa shape index (κ3) is 3.97. The van der Waals surface area contributed by atoms with E-state index < -0.39 is 0 Å². The number of carbonyl (C=O) groups is 1. The molecule has 110 valence electrons. The number of nitrogens with one attached hydrogen (secondary N) is 2. The molecule has 0 spiro atoms. The maximum absolute atomic E-state index is 11.9. The Morgan fingerprint density at radius 1 is 1.35 bits per heavy atom. The Kier molecular flexibility index (Phi) is 5.41. The van der Waals surface area contributed by atoms with Gasteiger partial charge in [-0.1, -0.05) is 37.1 Å². The van der Waals surface area contributed by atoms with E-state index in [0.29, 0.717) is 12.6 Å². The van der Waals surface area contributed by atoms with Gasteiger partial charge in [0.05, 0.1) is 6.10 Å². The number of methoxy groups -OCH3 is 1. The average Bonchev–Trinajstić information content (AvgIpc) is 2.94. The number of amides is 2. The molecule has 1 unspecified atom stereocenters. The van der Waals surface area contributed by atoms with E-state index in [0.717, 1.165) is 18.4 Å². The molecule has 0 aromatic heterocycles. The topological polar surface area (TPSA) is 50.4 Å². The van der Waals surface area contributed by atoms with Crippen molar-refractivity contribution in [3.05, 3.63) is 35.4 Å². The Morgan fingerprint density at radius 2 is 2.05 bits per heavy atom. The molecule has 0 saturated heterocycles. The van der Waals surface area contributed by atoms with Crippen molar-refractivity contribution in [1.29, 1.82) is 0 Å². The largest absolute Gasteiger partial charge is 0.375 e. The molecule has 2 amide bonds. The normalized spacial score (nSPS) is 16.9. The second-order valence-electron chi connectivity index (χ2n) is 5.42. The zero-order chi connectivity index (χ0) is 14.4. The smallest absolute Gasteiger partial charge is 0.315 e. The summed E-state index contributed by atoms with van der Waals surface area (Å²) < 4.78 is 5.50. The first kappa shape index (κ1) is 14.9. The van der Waals surface area contributed by atoms with E-state index in [1.807, 2.05) is 18.2 Å².